The molecule has 0 heterocycles. The van der Waals surface area contributed by atoms with Crippen molar-refractivity contribution in [2.75, 3.05) is 21.3 Å². The number of carbonyl (C=O) groups is 1. The number of aliphatic carboxylic acids is 1. The molecule has 0 aliphatic rings. The lowest BCUT2D eigenvalue weighted by molar-refractivity contribution is -0.138. The fraction of sp³-hybridized carbons (Fsp3) is 0.462. The van der Waals surface area contributed by atoms with E-state index < -0.39 is 12.0 Å². The van der Waals surface area contributed by atoms with Gasteiger partial charge in [-0.2, -0.15) is 0 Å². The number of rotatable bonds is 7. The van der Waals surface area contributed by atoms with Crippen molar-refractivity contribution in [2.24, 2.45) is 5.73 Å². The zero-order valence-corrected chi connectivity index (χ0v) is 11.3. The minimum atomic E-state index is -1.01. The number of nitrogens with two attached hydrogens (primary N) is 1. The van der Waals surface area contributed by atoms with Gasteiger partial charge in [0.05, 0.1) is 21.3 Å². The first-order chi connectivity index (χ1) is 9.03. The molecule has 1 aromatic carbocycles. The highest BCUT2D eigenvalue weighted by Gasteiger charge is 2.15. The van der Waals surface area contributed by atoms with Crippen molar-refractivity contribution in [1.29, 1.82) is 0 Å². The molecule has 0 saturated heterocycles. The fourth-order valence-corrected chi connectivity index (χ4v) is 1.72. The Labute approximate surface area is 112 Å². The molecule has 0 fully saturated rings. The summed E-state index contributed by atoms with van der Waals surface area (Å²) >= 11 is 0. The maximum absolute atomic E-state index is 10.7. The first-order valence-corrected chi connectivity index (χ1v) is 5.80. The van der Waals surface area contributed by atoms with Crippen LogP contribution >= 0.6 is 0 Å². The van der Waals surface area contributed by atoms with Gasteiger partial charge in [-0.3, -0.25) is 4.79 Å². The van der Waals surface area contributed by atoms with Gasteiger partial charge in [0.25, 0.3) is 0 Å². The molecule has 3 N–H and O–H groups in total. The molecule has 0 radical (unpaired) electrons. The van der Waals surface area contributed by atoms with Crippen molar-refractivity contribution in [2.45, 2.75) is 18.9 Å². The monoisotopic (exact) mass is 269 g/mol. The van der Waals surface area contributed by atoms with Crippen molar-refractivity contribution < 1.29 is 24.1 Å². The molecule has 6 heteroatoms. The van der Waals surface area contributed by atoms with Gasteiger partial charge in [-0.1, -0.05) is 0 Å². The molecule has 1 atom stereocenters. The van der Waals surface area contributed by atoms with Crippen molar-refractivity contribution in [1.82, 2.24) is 0 Å². The molecule has 0 saturated carbocycles. The van der Waals surface area contributed by atoms with Crippen LogP contribution in [-0.4, -0.2) is 38.4 Å². The molecular weight excluding hydrogens is 250 g/mol. The first kappa shape index (κ1) is 15.1. The van der Waals surface area contributed by atoms with Crippen LogP contribution in [-0.2, 0) is 11.2 Å². The van der Waals surface area contributed by atoms with Gasteiger partial charge in [-0.05, 0) is 24.5 Å². The van der Waals surface area contributed by atoms with Crippen LogP contribution in [0, 0.1) is 0 Å². The zero-order valence-electron chi connectivity index (χ0n) is 11.3. The second-order valence-corrected chi connectivity index (χ2v) is 4.00. The molecule has 0 amide bonds. The molecule has 0 aliphatic heterocycles. The number of benzene rings is 1. The van der Waals surface area contributed by atoms with Crippen LogP contribution in [0.15, 0.2) is 12.1 Å². The molecule has 1 aromatic rings. The van der Waals surface area contributed by atoms with Crippen LogP contribution in [0.25, 0.3) is 0 Å². The maximum Gasteiger partial charge on any atom is 0.320 e. The van der Waals surface area contributed by atoms with Gasteiger partial charge in [0.2, 0.25) is 0 Å². The topological polar surface area (TPSA) is 91.0 Å². The van der Waals surface area contributed by atoms with Gasteiger partial charge in [0.1, 0.15) is 11.8 Å². The van der Waals surface area contributed by atoms with Crippen LogP contribution in [0.1, 0.15) is 12.0 Å². The second-order valence-electron chi connectivity index (χ2n) is 4.00. The average Bonchev–Trinajstić information content (AvgIpc) is 2.43. The van der Waals surface area contributed by atoms with E-state index in [1.165, 1.54) is 14.2 Å². The normalized spacial score (nSPS) is 11.8. The standard InChI is InChI=1S/C13H19NO5/c1-17-10-7-12(19-3)11(18-2)6-8(10)4-5-9(14)13(15)16/h6-7,9H,4-5,14H2,1-3H3,(H,15,16). The zero-order chi connectivity index (χ0) is 14.4. The largest absolute Gasteiger partial charge is 0.496 e. The fourth-order valence-electron chi connectivity index (χ4n) is 1.72. The van der Waals surface area contributed by atoms with E-state index in [0.29, 0.717) is 30.1 Å². The van der Waals surface area contributed by atoms with E-state index in [1.54, 1.807) is 19.2 Å². The SMILES string of the molecule is COc1cc(OC)c(OC)cc1CCC(N)C(=O)O. The van der Waals surface area contributed by atoms with Crippen LogP contribution in [0.4, 0.5) is 0 Å². The molecule has 0 aliphatic carbocycles. The van der Waals surface area contributed by atoms with E-state index in [9.17, 15) is 4.79 Å². The minimum Gasteiger partial charge on any atom is -0.496 e. The predicted molar refractivity (Wildman–Crippen MR) is 70.0 cm³/mol. The van der Waals surface area contributed by atoms with E-state index >= 15 is 0 Å². The van der Waals surface area contributed by atoms with Gasteiger partial charge in [0.15, 0.2) is 11.5 Å². The summed E-state index contributed by atoms with van der Waals surface area (Å²) < 4.78 is 15.6. The Morgan fingerprint density at radius 3 is 2.16 bits per heavy atom. The number of methoxy groups -OCH3 is 3. The highest BCUT2D eigenvalue weighted by atomic mass is 16.5. The molecule has 0 spiro atoms. The summed E-state index contributed by atoms with van der Waals surface area (Å²) in [6, 6.07) is 2.59. The molecule has 19 heavy (non-hydrogen) atoms. The van der Waals surface area contributed by atoms with Gasteiger partial charge < -0.3 is 25.1 Å². The van der Waals surface area contributed by atoms with E-state index in [0.717, 1.165) is 5.56 Å². The lowest BCUT2D eigenvalue weighted by Crippen LogP contribution is -2.30. The van der Waals surface area contributed by atoms with Gasteiger partial charge in [0, 0.05) is 6.07 Å². The smallest absolute Gasteiger partial charge is 0.320 e. The van der Waals surface area contributed by atoms with E-state index in [1.807, 2.05) is 0 Å². The molecule has 6 nitrogen and oxygen atoms in total. The molecule has 1 unspecified atom stereocenters. The summed E-state index contributed by atoms with van der Waals surface area (Å²) in [7, 11) is 4.62. The molecular formula is C13H19NO5. The predicted octanol–water partition coefficient (Wildman–Crippen LogP) is 1.06. The Balaban J connectivity index is 2.95. The Kier molecular flexibility index (Phi) is 5.44. The number of hydrogen-bond donors (Lipinski definition) is 2. The first-order valence-electron chi connectivity index (χ1n) is 5.80. The summed E-state index contributed by atoms with van der Waals surface area (Å²) in [5, 5.41) is 8.77. The summed E-state index contributed by atoms with van der Waals surface area (Å²) in [5.41, 5.74) is 6.32. The van der Waals surface area contributed by atoms with E-state index in [2.05, 4.69) is 0 Å². The highest BCUT2D eigenvalue weighted by molar-refractivity contribution is 5.73. The van der Waals surface area contributed by atoms with Crippen molar-refractivity contribution in [3.8, 4) is 17.2 Å². The van der Waals surface area contributed by atoms with Crippen LogP contribution in [0.5, 0.6) is 17.2 Å². The Morgan fingerprint density at radius 1 is 1.16 bits per heavy atom. The Bertz CT molecular complexity index is 447. The van der Waals surface area contributed by atoms with Crippen molar-refractivity contribution >= 4 is 5.97 Å². The lowest BCUT2D eigenvalue weighted by atomic mass is 10.0. The maximum atomic E-state index is 10.7. The molecule has 0 bridgehead atoms. The number of ether oxygens (including phenoxy) is 3. The second kappa shape index (κ2) is 6.84. The lowest BCUT2D eigenvalue weighted by Gasteiger charge is -2.14. The van der Waals surface area contributed by atoms with Gasteiger partial charge >= 0.3 is 5.97 Å². The van der Waals surface area contributed by atoms with Gasteiger partial charge in [-0.25, -0.2) is 0 Å². The number of carboxylic acids is 1. The Hall–Kier alpha value is -1.95. The van der Waals surface area contributed by atoms with E-state index in [-0.39, 0.29) is 0 Å². The quantitative estimate of drug-likeness (QED) is 0.769. The van der Waals surface area contributed by atoms with Crippen LogP contribution < -0.4 is 19.9 Å². The average molecular weight is 269 g/mol. The molecule has 1 rings (SSSR count). The minimum absolute atomic E-state index is 0.321. The summed E-state index contributed by atoms with van der Waals surface area (Å²) in [6.45, 7) is 0. The third-order valence-electron chi connectivity index (χ3n) is 2.83. The van der Waals surface area contributed by atoms with Crippen molar-refractivity contribution in [3.63, 3.8) is 0 Å². The van der Waals surface area contributed by atoms with Crippen LogP contribution in [0.2, 0.25) is 0 Å². The summed E-state index contributed by atoms with van der Waals surface area (Å²) in [5.74, 6) is 0.738. The van der Waals surface area contributed by atoms with Gasteiger partial charge in [-0.15, -0.1) is 0 Å². The van der Waals surface area contributed by atoms with E-state index in [4.69, 9.17) is 25.1 Å². The number of carboxylic acid groups (broad SMARTS) is 1. The van der Waals surface area contributed by atoms with Crippen LogP contribution in [0.3, 0.4) is 0 Å². The Morgan fingerprint density at radius 2 is 1.68 bits per heavy atom. The van der Waals surface area contributed by atoms with Crippen molar-refractivity contribution in [3.05, 3.63) is 17.7 Å². The molecule has 106 valence electrons. The summed E-state index contributed by atoms with van der Waals surface area (Å²) in [6.07, 6.45) is 0.804. The molecule has 0 aromatic heterocycles. The third kappa shape index (κ3) is 3.75. The number of aryl methyl sites for hydroxylation is 1. The highest BCUT2D eigenvalue weighted by Crippen LogP contribution is 2.35. The summed E-state index contributed by atoms with van der Waals surface area (Å²) in [4.78, 5) is 10.7. The third-order valence-corrected chi connectivity index (χ3v) is 2.83. The number of hydrogen-bond acceptors (Lipinski definition) is 5.